The minimum atomic E-state index is 0.391. The van der Waals surface area contributed by atoms with Crippen LogP contribution in [0.5, 0.6) is 0 Å². The van der Waals surface area contributed by atoms with Gasteiger partial charge in [-0.2, -0.15) is 0 Å². The van der Waals surface area contributed by atoms with Crippen LogP contribution in [0.2, 0.25) is 0 Å². The van der Waals surface area contributed by atoms with Gasteiger partial charge in [0.05, 0.1) is 12.2 Å². The molecule has 0 spiro atoms. The first-order valence-electron chi connectivity index (χ1n) is 5.51. The van der Waals surface area contributed by atoms with Crippen molar-refractivity contribution in [2.24, 2.45) is 11.8 Å². The van der Waals surface area contributed by atoms with Crippen molar-refractivity contribution in [2.45, 2.75) is 52.2 Å². The highest BCUT2D eigenvalue weighted by molar-refractivity contribution is 5.18. The Morgan fingerprint density at radius 1 is 1.38 bits per heavy atom. The Labute approximate surface area is 81.2 Å². The van der Waals surface area contributed by atoms with Gasteiger partial charge in [0.15, 0.2) is 0 Å². The topological polar surface area (TPSA) is 9.23 Å². The first kappa shape index (κ1) is 9.26. The van der Waals surface area contributed by atoms with Crippen molar-refractivity contribution >= 4 is 0 Å². The Hall–Kier alpha value is -0.300. The first-order chi connectivity index (χ1) is 6.20. The lowest BCUT2D eigenvalue weighted by atomic mass is 9.92. The number of rotatable bonds is 2. The summed E-state index contributed by atoms with van der Waals surface area (Å²) in [6.07, 6.45) is 7.27. The molecule has 0 unspecified atom stereocenters. The largest absolute Gasteiger partial charge is 0.375 e. The second-order valence-electron chi connectivity index (χ2n) is 4.73. The minimum absolute atomic E-state index is 0.391. The molecule has 1 nitrogen and oxygen atoms in total. The fraction of sp³-hybridized carbons (Fsp3) is 0.833. The molecule has 2 aliphatic carbocycles. The average molecular weight is 180 g/mol. The fourth-order valence-electron chi connectivity index (χ4n) is 2.97. The number of fused-ring (bicyclic) bond motifs is 2. The summed E-state index contributed by atoms with van der Waals surface area (Å²) < 4.78 is 5.94. The molecular formula is C12H20O. The molecule has 2 bridgehead atoms. The highest BCUT2D eigenvalue weighted by atomic mass is 16.5. The molecule has 0 radical (unpaired) electrons. The Morgan fingerprint density at radius 2 is 2.15 bits per heavy atom. The molecule has 2 aliphatic rings. The van der Waals surface area contributed by atoms with Crippen LogP contribution >= 0.6 is 0 Å². The predicted molar refractivity (Wildman–Crippen MR) is 54.6 cm³/mol. The van der Waals surface area contributed by atoms with Gasteiger partial charge >= 0.3 is 0 Å². The summed E-state index contributed by atoms with van der Waals surface area (Å²) in [5, 5.41) is 0. The van der Waals surface area contributed by atoms with Gasteiger partial charge in [-0.15, -0.1) is 0 Å². The Bertz CT molecular complexity index is 217. The summed E-state index contributed by atoms with van der Waals surface area (Å²) in [5.41, 5.74) is 1.65. The number of hydrogen-bond acceptors (Lipinski definition) is 1. The third-order valence-electron chi connectivity index (χ3n) is 3.42. The molecule has 0 saturated heterocycles. The molecule has 0 amide bonds. The standard InChI is InChI=1S/C12H20O/c1-4-10-5-9-6-11(10)12(7-9)13-8(2)3/h4,8-9,11-12H,5-7H2,1-3H3/b10-4+/t9-,11-,12+/m0/s1. The van der Waals surface area contributed by atoms with Crippen LogP contribution in [-0.2, 0) is 4.74 Å². The second-order valence-corrected chi connectivity index (χ2v) is 4.73. The van der Waals surface area contributed by atoms with Crippen LogP contribution in [0.4, 0.5) is 0 Å². The SMILES string of the molecule is C/C=C1\C[C@@H]2C[C@@H](OC(C)C)[C@H]1C2. The van der Waals surface area contributed by atoms with Crippen LogP contribution in [0.3, 0.4) is 0 Å². The molecule has 0 aromatic heterocycles. The molecule has 0 N–H and O–H groups in total. The number of hydrogen-bond donors (Lipinski definition) is 0. The van der Waals surface area contributed by atoms with Crippen molar-refractivity contribution in [1.29, 1.82) is 0 Å². The summed E-state index contributed by atoms with van der Waals surface area (Å²) in [6, 6.07) is 0. The molecule has 0 aromatic rings. The number of ether oxygens (including phenoxy) is 1. The van der Waals surface area contributed by atoms with Gasteiger partial charge in [-0.3, -0.25) is 0 Å². The van der Waals surface area contributed by atoms with E-state index >= 15 is 0 Å². The molecular weight excluding hydrogens is 160 g/mol. The number of allylic oxidation sites excluding steroid dienone is 1. The van der Waals surface area contributed by atoms with Gasteiger partial charge in [-0.1, -0.05) is 11.6 Å². The van der Waals surface area contributed by atoms with Gasteiger partial charge in [0, 0.05) is 5.92 Å². The summed E-state index contributed by atoms with van der Waals surface area (Å²) in [4.78, 5) is 0. The van der Waals surface area contributed by atoms with Crippen LogP contribution < -0.4 is 0 Å². The van der Waals surface area contributed by atoms with E-state index in [-0.39, 0.29) is 0 Å². The lowest BCUT2D eigenvalue weighted by Crippen LogP contribution is -2.25. The van der Waals surface area contributed by atoms with E-state index in [1.807, 2.05) is 0 Å². The quantitative estimate of drug-likeness (QED) is 0.593. The van der Waals surface area contributed by atoms with Gasteiger partial charge in [0.2, 0.25) is 0 Å². The molecule has 0 aliphatic heterocycles. The van der Waals surface area contributed by atoms with E-state index in [2.05, 4.69) is 26.8 Å². The zero-order chi connectivity index (χ0) is 9.42. The highest BCUT2D eigenvalue weighted by Crippen LogP contribution is 2.49. The van der Waals surface area contributed by atoms with Crippen LogP contribution in [0, 0.1) is 11.8 Å². The van der Waals surface area contributed by atoms with Gasteiger partial charge in [-0.05, 0) is 46.0 Å². The maximum Gasteiger partial charge on any atom is 0.0646 e. The fourth-order valence-corrected chi connectivity index (χ4v) is 2.97. The van der Waals surface area contributed by atoms with Crippen LogP contribution in [0.25, 0.3) is 0 Å². The lowest BCUT2D eigenvalue weighted by molar-refractivity contribution is -0.0116. The van der Waals surface area contributed by atoms with Crippen molar-refractivity contribution in [3.05, 3.63) is 11.6 Å². The molecule has 13 heavy (non-hydrogen) atoms. The predicted octanol–water partition coefficient (Wildman–Crippen LogP) is 3.16. The normalized spacial score (nSPS) is 40.9. The smallest absolute Gasteiger partial charge is 0.0646 e. The zero-order valence-electron chi connectivity index (χ0n) is 8.92. The minimum Gasteiger partial charge on any atom is -0.375 e. The summed E-state index contributed by atoms with van der Waals surface area (Å²) in [7, 11) is 0. The third-order valence-corrected chi connectivity index (χ3v) is 3.42. The third kappa shape index (κ3) is 1.67. The van der Waals surface area contributed by atoms with E-state index in [4.69, 9.17) is 4.74 Å². The summed E-state index contributed by atoms with van der Waals surface area (Å²) in [6.45, 7) is 6.45. The van der Waals surface area contributed by atoms with E-state index in [9.17, 15) is 0 Å². The highest BCUT2D eigenvalue weighted by Gasteiger charge is 2.43. The maximum atomic E-state index is 5.94. The van der Waals surface area contributed by atoms with Gasteiger partial charge in [-0.25, -0.2) is 0 Å². The van der Waals surface area contributed by atoms with E-state index < -0.39 is 0 Å². The summed E-state index contributed by atoms with van der Waals surface area (Å²) >= 11 is 0. The van der Waals surface area contributed by atoms with Crippen LogP contribution in [0.1, 0.15) is 40.0 Å². The molecule has 2 saturated carbocycles. The molecule has 3 atom stereocenters. The van der Waals surface area contributed by atoms with Crippen molar-refractivity contribution < 1.29 is 4.74 Å². The molecule has 0 aromatic carbocycles. The Kier molecular flexibility index (Phi) is 2.46. The first-order valence-corrected chi connectivity index (χ1v) is 5.51. The maximum absolute atomic E-state index is 5.94. The summed E-state index contributed by atoms with van der Waals surface area (Å²) in [5.74, 6) is 1.69. The van der Waals surface area contributed by atoms with Gasteiger partial charge in [0.1, 0.15) is 0 Å². The van der Waals surface area contributed by atoms with Crippen molar-refractivity contribution in [3.8, 4) is 0 Å². The molecule has 1 heteroatoms. The van der Waals surface area contributed by atoms with Crippen molar-refractivity contribution in [2.75, 3.05) is 0 Å². The van der Waals surface area contributed by atoms with Crippen LogP contribution in [0.15, 0.2) is 11.6 Å². The van der Waals surface area contributed by atoms with E-state index in [0.29, 0.717) is 12.2 Å². The second kappa shape index (κ2) is 3.45. The Morgan fingerprint density at radius 3 is 2.69 bits per heavy atom. The molecule has 0 heterocycles. The van der Waals surface area contributed by atoms with Gasteiger partial charge in [0.25, 0.3) is 0 Å². The zero-order valence-corrected chi connectivity index (χ0v) is 8.92. The molecule has 2 fully saturated rings. The van der Waals surface area contributed by atoms with Crippen LogP contribution in [-0.4, -0.2) is 12.2 Å². The monoisotopic (exact) mass is 180 g/mol. The Balaban J connectivity index is 2.02. The van der Waals surface area contributed by atoms with E-state index in [1.165, 1.54) is 19.3 Å². The van der Waals surface area contributed by atoms with Crippen molar-refractivity contribution in [3.63, 3.8) is 0 Å². The molecule has 74 valence electrons. The molecule has 2 rings (SSSR count). The lowest BCUT2D eigenvalue weighted by Gasteiger charge is -2.26. The van der Waals surface area contributed by atoms with Crippen molar-refractivity contribution in [1.82, 2.24) is 0 Å². The average Bonchev–Trinajstić information content (AvgIpc) is 2.60. The van der Waals surface area contributed by atoms with Gasteiger partial charge < -0.3 is 4.74 Å². The van der Waals surface area contributed by atoms with E-state index in [1.54, 1.807) is 5.57 Å². The van der Waals surface area contributed by atoms with E-state index in [0.717, 1.165) is 11.8 Å².